The van der Waals surface area contributed by atoms with Crippen molar-refractivity contribution in [3.8, 4) is 17.2 Å². The van der Waals surface area contributed by atoms with Gasteiger partial charge in [0.2, 0.25) is 10.0 Å². The lowest BCUT2D eigenvalue weighted by atomic mass is 10.1. The molecule has 0 aromatic heterocycles. The van der Waals surface area contributed by atoms with Crippen molar-refractivity contribution in [3.63, 3.8) is 0 Å². The van der Waals surface area contributed by atoms with Crippen LogP contribution in [0.4, 0.5) is 0 Å². The molecular weight excluding hydrogens is 338 g/mol. The highest BCUT2D eigenvalue weighted by Gasteiger charge is 2.31. The zero-order valence-electron chi connectivity index (χ0n) is 14.3. The van der Waals surface area contributed by atoms with Crippen molar-refractivity contribution in [1.29, 1.82) is 0 Å². The predicted molar refractivity (Wildman–Crippen MR) is 87.3 cm³/mol. The normalized spacial score (nSPS) is 12.8. The Bertz CT molecular complexity index is 660. The fraction of sp³-hybridized carbons (Fsp3) is 0.533. The average molecular weight is 361 g/mol. The Labute approximate surface area is 141 Å². The first-order valence-electron chi connectivity index (χ1n) is 7.21. The van der Waals surface area contributed by atoms with Crippen LogP contribution in [-0.2, 0) is 14.8 Å². The van der Waals surface area contributed by atoms with E-state index in [1.54, 1.807) is 13.8 Å². The standard InChI is InChI=1S/C15H23NO7S/c1-9(2)6-11(15(17)18)16-24(19,20)14-12(22-4)7-10(21-3)8-13(14)23-5/h7-9,11,16H,6H2,1-5H3,(H,17,18)/t11-/m0/s1. The second-order valence-corrected chi connectivity index (χ2v) is 7.15. The van der Waals surface area contributed by atoms with Crippen LogP contribution in [-0.4, -0.2) is 46.9 Å². The highest BCUT2D eigenvalue weighted by atomic mass is 32.2. The molecule has 0 radical (unpaired) electrons. The highest BCUT2D eigenvalue weighted by molar-refractivity contribution is 7.89. The summed E-state index contributed by atoms with van der Waals surface area (Å²) in [5.41, 5.74) is 0. The van der Waals surface area contributed by atoms with E-state index >= 15 is 0 Å². The van der Waals surface area contributed by atoms with E-state index in [0.717, 1.165) is 0 Å². The summed E-state index contributed by atoms with van der Waals surface area (Å²) >= 11 is 0. The third-order valence-electron chi connectivity index (χ3n) is 3.24. The van der Waals surface area contributed by atoms with Gasteiger partial charge in [0.05, 0.1) is 21.3 Å². The van der Waals surface area contributed by atoms with Gasteiger partial charge < -0.3 is 19.3 Å². The number of carboxylic acids is 1. The van der Waals surface area contributed by atoms with E-state index in [9.17, 15) is 18.3 Å². The molecule has 136 valence electrons. The van der Waals surface area contributed by atoms with E-state index in [1.165, 1.54) is 33.5 Å². The van der Waals surface area contributed by atoms with Crippen molar-refractivity contribution < 1.29 is 32.5 Å². The Balaban J connectivity index is 3.38. The van der Waals surface area contributed by atoms with Crippen LogP contribution in [0.3, 0.4) is 0 Å². The number of carboxylic acid groups (broad SMARTS) is 1. The molecule has 0 bridgehead atoms. The molecule has 9 heteroatoms. The quantitative estimate of drug-likeness (QED) is 0.685. The Morgan fingerprint density at radius 1 is 1.12 bits per heavy atom. The minimum atomic E-state index is -4.20. The summed E-state index contributed by atoms with van der Waals surface area (Å²) in [5, 5.41) is 9.26. The molecule has 1 aromatic carbocycles. The van der Waals surface area contributed by atoms with Crippen LogP contribution in [0.25, 0.3) is 0 Å². The van der Waals surface area contributed by atoms with Gasteiger partial charge in [0, 0.05) is 12.1 Å². The van der Waals surface area contributed by atoms with Crippen molar-refractivity contribution >= 4 is 16.0 Å². The van der Waals surface area contributed by atoms with Crippen molar-refractivity contribution in [3.05, 3.63) is 12.1 Å². The van der Waals surface area contributed by atoms with Gasteiger partial charge in [0.1, 0.15) is 23.3 Å². The molecule has 0 heterocycles. The second kappa shape index (κ2) is 8.20. The maximum atomic E-state index is 12.7. The lowest BCUT2D eigenvalue weighted by Crippen LogP contribution is -2.41. The van der Waals surface area contributed by atoms with Gasteiger partial charge in [-0.2, -0.15) is 4.72 Å². The lowest BCUT2D eigenvalue weighted by Gasteiger charge is -2.19. The number of hydrogen-bond donors (Lipinski definition) is 2. The van der Waals surface area contributed by atoms with E-state index in [2.05, 4.69) is 4.72 Å². The summed E-state index contributed by atoms with van der Waals surface area (Å²) in [5.74, 6) is -0.924. The number of sulfonamides is 1. The van der Waals surface area contributed by atoms with E-state index in [4.69, 9.17) is 14.2 Å². The summed E-state index contributed by atoms with van der Waals surface area (Å²) in [6, 6.07) is 1.51. The molecule has 0 saturated heterocycles. The molecule has 8 nitrogen and oxygen atoms in total. The number of benzene rings is 1. The van der Waals surface area contributed by atoms with E-state index < -0.39 is 22.0 Å². The smallest absolute Gasteiger partial charge is 0.321 e. The van der Waals surface area contributed by atoms with Crippen molar-refractivity contribution in [1.82, 2.24) is 4.72 Å². The van der Waals surface area contributed by atoms with Crippen LogP contribution in [0, 0.1) is 5.92 Å². The predicted octanol–water partition coefficient (Wildman–Crippen LogP) is 1.49. The first kappa shape index (κ1) is 20.0. The number of methoxy groups -OCH3 is 3. The van der Waals surface area contributed by atoms with Crippen LogP contribution >= 0.6 is 0 Å². The number of ether oxygens (including phenoxy) is 3. The summed E-state index contributed by atoms with van der Waals surface area (Å²) < 4.78 is 42.9. The number of carbonyl (C=O) groups is 1. The molecule has 0 aliphatic carbocycles. The molecular formula is C15H23NO7S. The number of rotatable bonds is 9. The summed E-state index contributed by atoms with van der Waals surface area (Å²) in [6.45, 7) is 3.61. The largest absolute Gasteiger partial charge is 0.496 e. The maximum Gasteiger partial charge on any atom is 0.321 e. The van der Waals surface area contributed by atoms with Gasteiger partial charge in [-0.15, -0.1) is 0 Å². The Hall–Kier alpha value is -2.00. The number of hydrogen-bond acceptors (Lipinski definition) is 6. The van der Waals surface area contributed by atoms with Gasteiger partial charge in [0.15, 0.2) is 4.90 Å². The molecule has 1 aromatic rings. The van der Waals surface area contributed by atoms with Crippen LogP contribution in [0.2, 0.25) is 0 Å². The van der Waals surface area contributed by atoms with E-state index in [1.807, 2.05) is 0 Å². The molecule has 0 saturated carbocycles. The minimum absolute atomic E-state index is 0.00606. The van der Waals surface area contributed by atoms with Gasteiger partial charge in [-0.25, -0.2) is 8.42 Å². The molecule has 0 unspecified atom stereocenters. The third-order valence-corrected chi connectivity index (χ3v) is 4.78. The summed E-state index contributed by atoms with van der Waals surface area (Å²) in [7, 11) is -0.173. The van der Waals surface area contributed by atoms with Crippen molar-refractivity contribution in [2.24, 2.45) is 5.92 Å². The zero-order chi connectivity index (χ0) is 18.5. The van der Waals surface area contributed by atoms with Crippen LogP contribution in [0.15, 0.2) is 17.0 Å². The molecule has 1 rings (SSSR count). The summed E-state index contributed by atoms with van der Waals surface area (Å²) in [6.07, 6.45) is 0.148. The molecule has 0 spiro atoms. The van der Waals surface area contributed by atoms with E-state index in [-0.39, 0.29) is 28.7 Å². The average Bonchev–Trinajstić information content (AvgIpc) is 2.51. The minimum Gasteiger partial charge on any atom is -0.496 e. The number of aliphatic carboxylic acids is 1. The molecule has 0 aliphatic heterocycles. The van der Waals surface area contributed by atoms with Gasteiger partial charge in [-0.1, -0.05) is 13.8 Å². The van der Waals surface area contributed by atoms with Crippen LogP contribution in [0.5, 0.6) is 17.2 Å². The zero-order valence-corrected chi connectivity index (χ0v) is 15.1. The topological polar surface area (TPSA) is 111 Å². The Kier molecular flexibility index (Phi) is 6.85. The van der Waals surface area contributed by atoms with Crippen molar-refractivity contribution in [2.75, 3.05) is 21.3 Å². The van der Waals surface area contributed by atoms with Gasteiger partial charge in [-0.05, 0) is 12.3 Å². The van der Waals surface area contributed by atoms with Gasteiger partial charge >= 0.3 is 5.97 Å². The van der Waals surface area contributed by atoms with Gasteiger partial charge in [0.25, 0.3) is 0 Å². The molecule has 0 fully saturated rings. The summed E-state index contributed by atoms with van der Waals surface area (Å²) in [4.78, 5) is 11.1. The fourth-order valence-electron chi connectivity index (χ4n) is 2.16. The lowest BCUT2D eigenvalue weighted by molar-refractivity contribution is -0.139. The monoisotopic (exact) mass is 361 g/mol. The molecule has 0 aliphatic rings. The van der Waals surface area contributed by atoms with Crippen LogP contribution in [0.1, 0.15) is 20.3 Å². The molecule has 0 amide bonds. The van der Waals surface area contributed by atoms with E-state index in [0.29, 0.717) is 5.75 Å². The Morgan fingerprint density at radius 3 is 1.96 bits per heavy atom. The molecule has 2 N–H and O–H groups in total. The second-order valence-electron chi connectivity index (χ2n) is 5.50. The SMILES string of the molecule is COc1cc(OC)c(S(=O)(=O)N[C@@H](CC(C)C)C(=O)O)c(OC)c1. The Morgan fingerprint density at radius 2 is 1.62 bits per heavy atom. The molecule has 1 atom stereocenters. The third kappa shape index (κ3) is 4.75. The van der Waals surface area contributed by atoms with Crippen molar-refractivity contribution in [2.45, 2.75) is 31.2 Å². The van der Waals surface area contributed by atoms with Crippen LogP contribution < -0.4 is 18.9 Å². The number of nitrogens with one attached hydrogen (secondary N) is 1. The fourth-order valence-corrected chi connectivity index (χ4v) is 3.66. The maximum absolute atomic E-state index is 12.7. The first-order valence-corrected chi connectivity index (χ1v) is 8.69. The highest BCUT2D eigenvalue weighted by Crippen LogP contribution is 2.37. The first-order chi connectivity index (χ1) is 11.2. The van der Waals surface area contributed by atoms with Gasteiger partial charge in [-0.3, -0.25) is 4.79 Å². The molecule has 24 heavy (non-hydrogen) atoms.